The first-order valence-electron chi connectivity index (χ1n) is 4.63. The van der Waals surface area contributed by atoms with Gasteiger partial charge in [0.1, 0.15) is 12.2 Å². The van der Waals surface area contributed by atoms with E-state index in [2.05, 4.69) is 0 Å². The minimum Gasteiger partial charge on any atom is -0.480 e. The molecule has 0 aliphatic carbocycles. The topological polar surface area (TPSA) is 79.5 Å². The molecule has 0 amide bonds. The van der Waals surface area contributed by atoms with Gasteiger partial charge >= 0.3 is 11.9 Å². The molecule has 1 aromatic carbocycles. The van der Waals surface area contributed by atoms with Crippen molar-refractivity contribution in [1.29, 1.82) is 0 Å². The summed E-state index contributed by atoms with van der Waals surface area (Å²) in [5.74, 6) is -2.19. The Hall–Kier alpha value is -2.30. The zero-order valence-corrected chi connectivity index (χ0v) is 8.25. The summed E-state index contributed by atoms with van der Waals surface area (Å²) in [6, 6.07) is 8.44. The highest BCUT2D eigenvalue weighted by Crippen LogP contribution is 2.19. The Bertz CT molecular complexity index is 570. The van der Waals surface area contributed by atoms with Crippen molar-refractivity contribution in [1.82, 2.24) is 4.57 Å². The van der Waals surface area contributed by atoms with Crippen LogP contribution in [-0.2, 0) is 11.3 Å². The van der Waals surface area contributed by atoms with Gasteiger partial charge in [-0.05, 0) is 12.1 Å². The van der Waals surface area contributed by atoms with Crippen molar-refractivity contribution in [2.24, 2.45) is 0 Å². The third-order valence-corrected chi connectivity index (χ3v) is 2.32. The molecule has 5 heteroatoms. The van der Waals surface area contributed by atoms with Crippen LogP contribution in [0.2, 0.25) is 0 Å². The number of fused-ring (bicyclic) bond motifs is 1. The van der Waals surface area contributed by atoms with Crippen LogP contribution >= 0.6 is 0 Å². The van der Waals surface area contributed by atoms with Gasteiger partial charge in [0.05, 0.1) is 0 Å². The fourth-order valence-electron chi connectivity index (χ4n) is 1.69. The summed E-state index contributed by atoms with van der Waals surface area (Å²) in [4.78, 5) is 21.6. The lowest BCUT2D eigenvalue weighted by molar-refractivity contribution is -0.137. The van der Waals surface area contributed by atoms with Gasteiger partial charge in [-0.15, -0.1) is 0 Å². The fourth-order valence-corrected chi connectivity index (χ4v) is 1.69. The number of hydrogen-bond acceptors (Lipinski definition) is 2. The Kier molecular flexibility index (Phi) is 2.36. The number of hydrogen-bond donors (Lipinski definition) is 2. The Labute approximate surface area is 90.5 Å². The molecule has 0 aliphatic heterocycles. The van der Waals surface area contributed by atoms with Gasteiger partial charge in [0.15, 0.2) is 0 Å². The standard InChI is InChI=1S/C11H9NO4/c13-10(14)6-12-8-4-2-1-3-7(8)5-9(12)11(15)16/h1-5H,6H2,(H,13,14)(H,15,16). The molecular weight excluding hydrogens is 210 g/mol. The molecule has 2 aromatic rings. The predicted molar refractivity (Wildman–Crippen MR) is 56.5 cm³/mol. The fraction of sp³-hybridized carbons (Fsp3) is 0.0909. The van der Waals surface area contributed by atoms with Crippen LogP contribution in [0.5, 0.6) is 0 Å². The minimum absolute atomic E-state index is 0.0106. The van der Waals surface area contributed by atoms with Crippen molar-refractivity contribution >= 4 is 22.8 Å². The smallest absolute Gasteiger partial charge is 0.352 e. The van der Waals surface area contributed by atoms with Crippen molar-refractivity contribution in [3.05, 3.63) is 36.0 Å². The third kappa shape index (κ3) is 1.63. The zero-order chi connectivity index (χ0) is 11.7. The van der Waals surface area contributed by atoms with Crippen LogP contribution in [0.25, 0.3) is 10.9 Å². The summed E-state index contributed by atoms with van der Waals surface area (Å²) in [7, 11) is 0. The molecule has 0 radical (unpaired) electrons. The number of benzene rings is 1. The molecule has 2 rings (SSSR count). The number of nitrogens with zero attached hydrogens (tertiary/aromatic N) is 1. The molecule has 0 atom stereocenters. The number of aromatic nitrogens is 1. The van der Waals surface area contributed by atoms with Crippen LogP contribution in [0.15, 0.2) is 30.3 Å². The summed E-state index contributed by atoms with van der Waals surface area (Å²) in [5.41, 5.74) is 0.603. The van der Waals surface area contributed by atoms with Crippen molar-refractivity contribution in [3.63, 3.8) is 0 Å². The average Bonchev–Trinajstić information content (AvgIpc) is 2.57. The van der Waals surface area contributed by atoms with E-state index in [0.29, 0.717) is 5.52 Å². The molecule has 2 N–H and O–H groups in total. The molecule has 0 spiro atoms. The van der Waals surface area contributed by atoms with Gasteiger partial charge in [0.2, 0.25) is 0 Å². The van der Waals surface area contributed by atoms with Crippen LogP contribution in [0, 0.1) is 0 Å². The maximum atomic E-state index is 11.0. The number of carbonyl (C=O) groups is 2. The number of carboxylic acid groups (broad SMARTS) is 2. The summed E-state index contributed by atoms with van der Waals surface area (Å²) in [6.07, 6.45) is 0. The van der Waals surface area contributed by atoms with E-state index < -0.39 is 11.9 Å². The largest absolute Gasteiger partial charge is 0.480 e. The van der Waals surface area contributed by atoms with Crippen LogP contribution in [-0.4, -0.2) is 26.7 Å². The minimum atomic E-state index is -1.13. The molecule has 0 fully saturated rings. The van der Waals surface area contributed by atoms with Crippen molar-refractivity contribution in [2.75, 3.05) is 0 Å². The second-order valence-corrected chi connectivity index (χ2v) is 3.37. The van der Waals surface area contributed by atoms with Gasteiger partial charge in [0.25, 0.3) is 0 Å². The Morgan fingerprint density at radius 2 is 1.88 bits per heavy atom. The highest BCUT2D eigenvalue weighted by Gasteiger charge is 2.15. The molecule has 5 nitrogen and oxygen atoms in total. The van der Waals surface area contributed by atoms with E-state index in [0.717, 1.165) is 5.39 Å². The number of rotatable bonds is 3. The van der Waals surface area contributed by atoms with Crippen LogP contribution in [0.4, 0.5) is 0 Å². The van der Waals surface area contributed by atoms with E-state index in [-0.39, 0.29) is 12.2 Å². The lowest BCUT2D eigenvalue weighted by atomic mass is 10.2. The first-order chi connectivity index (χ1) is 7.59. The van der Waals surface area contributed by atoms with Gasteiger partial charge in [0, 0.05) is 10.9 Å². The summed E-state index contributed by atoms with van der Waals surface area (Å²) in [6.45, 7) is -0.352. The van der Waals surface area contributed by atoms with Crippen molar-refractivity contribution in [3.8, 4) is 0 Å². The SMILES string of the molecule is O=C(O)Cn1c(C(=O)O)cc2ccccc21. The Morgan fingerprint density at radius 1 is 1.19 bits per heavy atom. The van der Waals surface area contributed by atoms with E-state index in [4.69, 9.17) is 10.2 Å². The summed E-state index contributed by atoms with van der Waals surface area (Å²) in [5, 5.41) is 18.4. The van der Waals surface area contributed by atoms with Gasteiger partial charge in [-0.1, -0.05) is 18.2 Å². The molecule has 0 bridgehead atoms. The van der Waals surface area contributed by atoms with Crippen molar-refractivity contribution < 1.29 is 19.8 Å². The predicted octanol–water partition coefficient (Wildman–Crippen LogP) is 1.42. The lowest BCUT2D eigenvalue weighted by Gasteiger charge is -2.03. The Morgan fingerprint density at radius 3 is 2.50 bits per heavy atom. The average molecular weight is 219 g/mol. The molecule has 82 valence electrons. The summed E-state index contributed by atoms with van der Waals surface area (Å²) >= 11 is 0. The maximum absolute atomic E-state index is 11.0. The molecular formula is C11H9NO4. The number of carboxylic acids is 2. The molecule has 0 aliphatic rings. The van der Waals surface area contributed by atoms with Gasteiger partial charge in [-0.25, -0.2) is 4.79 Å². The maximum Gasteiger partial charge on any atom is 0.352 e. The number of para-hydroxylation sites is 1. The van der Waals surface area contributed by atoms with E-state index in [1.54, 1.807) is 24.3 Å². The van der Waals surface area contributed by atoms with E-state index in [1.165, 1.54) is 10.6 Å². The zero-order valence-electron chi connectivity index (χ0n) is 8.25. The highest BCUT2D eigenvalue weighted by atomic mass is 16.4. The Balaban J connectivity index is 2.69. The van der Waals surface area contributed by atoms with Crippen molar-refractivity contribution in [2.45, 2.75) is 6.54 Å². The van der Waals surface area contributed by atoms with Gasteiger partial charge in [-0.2, -0.15) is 0 Å². The molecule has 0 saturated heterocycles. The monoisotopic (exact) mass is 219 g/mol. The first-order valence-corrected chi connectivity index (χ1v) is 4.63. The molecule has 1 heterocycles. The van der Waals surface area contributed by atoms with Crippen LogP contribution < -0.4 is 0 Å². The van der Waals surface area contributed by atoms with Crippen LogP contribution in [0.3, 0.4) is 0 Å². The lowest BCUT2D eigenvalue weighted by Crippen LogP contribution is -2.14. The number of aromatic carboxylic acids is 1. The molecule has 0 unspecified atom stereocenters. The first kappa shape index (κ1) is 10.2. The van der Waals surface area contributed by atoms with Gasteiger partial charge in [-0.3, -0.25) is 4.79 Å². The van der Waals surface area contributed by atoms with Gasteiger partial charge < -0.3 is 14.8 Å². The third-order valence-electron chi connectivity index (χ3n) is 2.32. The quantitative estimate of drug-likeness (QED) is 0.818. The molecule has 16 heavy (non-hydrogen) atoms. The highest BCUT2D eigenvalue weighted by molar-refractivity contribution is 5.95. The second-order valence-electron chi connectivity index (χ2n) is 3.37. The number of aliphatic carboxylic acids is 1. The normalized spacial score (nSPS) is 10.5. The van der Waals surface area contributed by atoms with Crippen LogP contribution in [0.1, 0.15) is 10.5 Å². The van der Waals surface area contributed by atoms with E-state index in [9.17, 15) is 9.59 Å². The molecule has 0 saturated carbocycles. The summed E-state index contributed by atoms with van der Waals surface area (Å²) < 4.78 is 1.28. The van der Waals surface area contributed by atoms with E-state index >= 15 is 0 Å². The molecule has 1 aromatic heterocycles. The van der Waals surface area contributed by atoms with E-state index in [1.807, 2.05) is 0 Å². The second kappa shape index (κ2) is 3.69.